The highest BCUT2D eigenvalue weighted by atomic mass is 16.5. The van der Waals surface area contributed by atoms with Crippen LogP contribution in [0, 0.1) is 30.1 Å². The van der Waals surface area contributed by atoms with Crippen molar-refractivity contribution in [2.75, 3.05) is 39.9 Å². The highest BCUT2D eigenvalue weighted by Gasteiger charge is 2.36. The number of hydrogen-bond donors (Lipinski definition) is 4. The molecule has 1 aliphatic rings. The molecule has 2 heterocycles. The molecule has 0 saturated carbocycles. The molecule has 4 aromatic rings. The second-order valence-corrected chi connectivity index (χ2v) is 16.4. The summed E-state index contributed by atoms with van der Waals surface area (Å²) in [6, 6.07) is 22.0. The standard InChI is InChI=1S/C50H61N7O7/c1-5-7-33-9-12-35(13-10-33)41-16-15-38(32(3)55-41)44(59)30-37(19-21-52)50(62)57(4)48-36-14-18-47(64-25-23-54)40(29-36)39-27-34(11-17-46(39)63-24-22-53)28-42(43(58)8-6-20-51)56-49(61)31(2)26-45(48)60/h9-18,27,29,31,37,42,48H,5-8,19,21-26,28,30,52-54H2,1-4H3,(H,56,61)/t31-,37-,42+,48+/m1/s1. The Morgan fingerprint density at radius 2 is 1.58 bits per heavy atom. The Morgan fingerprint density at radius 1 is 0.906 bits per heavy atom. The van der Waals surface area contributed by atoms with Gasteiger partial charge in [0.1, 0.15) is 30.8 Å². The monoisotopic (exact) mass is 871 g/mol. The van der Waals surface area contributed by atoms with Gasteiger partial charge in [-0.05, 0) is 85.8 Å². The topological polar surface area (TPSA) is 234 Å². The van der Waals surface area contributed by atoms with Crippen LogP contribution in [0.4, 0.5) is 0 Å². The fourth-order valence-electron chi connectivity index (χ4n) is 8.12. The van der Waals surface area contributed by atoms with Gasteiger partial charge in [0.15, 0.2) is 17.3 Å². The van der Waals surface area contributed by atoms with Gasteiger partial charge in [0.25, 0.3) is 0 Å². The van der Waals surface area contributed by atoms with Crippen molar-refractivity contribution in [3.05, 3.63) is 101 Å². The lowest BCUT2D eigenvalue weighted by molar-refractivity contribution is -0.142. The molecule has 1 aliphatic heterocycles. The average molecular weight is 872 g/mol. The number of hydrogen-bond acceptors (Lipinski definition) is 12. The largest absolute Gasteiger partial charge is 0.492 e. The van der Waals surface area contributed by atoms with Crippen molar-refractivity contribution in [1.82, 2.24) is 15.2 Å². The van der Waals surface area contributed by atoms with Crippen molar-refractivity contribution < 1.29 is 33.4 Å². The molecule has 0 spiro atoms. The normalized spacial score (nSPS) is 16.8. The van der Waals surface area contributed by atoms with E-state index in [4.69, 9.17) is 31.7 Å². The molecule has 7 N–H and O–H groups in total. The van der Waals surface area contributed by atoms with Gasteiger partial charge in [-0.1, -0.05) is 56.7 Å². The molecule has 5 rings (SSSR count). The summed E-state index contributed by atoms with van der Waals surface area (Å²) < 4.78 is 12.2. The van der Waals surface area contributed by atoms with Gasteiger partial charge in [-0.2, -0.15) is 5.26 Å². The van der Waals surface area contributed by atoms with Crippen LogP contribution in [0.5, 0.6) is 11.5 Å². The van der Waals surface area contributed by atoms with Crippen molar-refractivity contribution in [3.8, 4) is 40.0 Å². The molecule has 4 bridgehead atoms. The predicted molar refractivity (Wildman–Crippen MR) is 245 cm³/mol. The SMILES string of the molecule is CCCc1ccc(-c2ccc(C(=O)C[C@@H](CCN)C(=O)N(C)[C@@H]3C(=O)C[C@@H](C)C(=O)N[C@H](C(=O)CCC#N)Cc4ccc(OCCN)c(c4)-c4cc3ccc4OCCN)c(C)n2)cc1. The fourth-order valence-corrected chi connectivity index (χ4v) is 8.12. The number of nitrogens with zero attached hydrogens (tertiary/aromatic N) is 3. The zero-order valence-electron chi connectivity index (χ0n) is 37.4. The van der Waals surface area contributed by atoms with E-state index in [9.17, 15) is 29.2 Å². The maximum absolute atomic E-state index is 14.7. The van der Waals surface area contributed by atoms with E-state index in [-0.39, 0.29) is 82.9 Å². The minimum atomic E-state index is -1.22. The maximum atomic E-state index is 14.7. The third-order valence-electron chi connectivity index (χ3n) is 11.5. The van der Waals surface area contributed by atoms with Crippen LogP contribution < -0.4 is 32.0 Å². The van der Waals surface area contributed by atoms with Crippen LogP contribution in [0.2, 0.25) is 0 Å². The number of nitrogens with two attached hydrogens (primary N) is 3. The molecule has 64 heavy (non-hydrogen) atoms. The second-order valence-electron chi connectivity index (χ2n) is 16.4. The molecular weight excluding hydrogens is 811 g/mol. The number of ketones is 3. The molecule has 14 heteroatoms. The summed E-state index contributed by atoms with van der Waals surface area (Å²) in [6.07, 6.45) is 1.72. The van der Waals surface area contributed by atoms with Gasteiger partial charge in [0.2, 0.25) is 11.8 Å². The van der Waals surface area contributed by atoms with Gasteiger partial charge >= 0.3 is 0 Å². The molecular formula is C50H61N7O7. The first kappa shape index (κ1) is 48.8. The summed E-state index contributed by atoms with van der Waals surface area (Å²) in [5.41, 5.74) is 23.7. The van der Waals surface area contributed by atoms with E-state index >= 15 is 0 Å². The molecule has 0 unspecified atom stereocenters. The number of aryl methyl sites for hydroxylation is 2. The van der Waals surface area contributed by atoms with Crippen LogP contribution in [0.25, 0.3) is 22.4 Å². The third-order valence-corrected chi connectivity index (χ3v) is 11.5. The minimum absolute atomic E-state index is 0.0271. The highest BCUT2D eigenvalue weighted by Crippen LogP contribution is 2.41. The minimum Gasteiger partial charge on any atom is -0.492 e. The van der Waals surface area contributed by atoms with Crippen LogP contribution in [0.1, 0.15) is 91.2 Å². The fraction of sp³-hybridized carbons (Fsp3) is 0.420. The van der Waals surface area contributed by atoms with Gasteiger partial charge in [-0.15, -0.1) is 0 Å². The summed E-state index contributed by atoms with van der Waals surface area (Å²) in [7, 11) is 1.51. The summed E-state index contributed by atoms with van der Waals surface area (Å²) >= 11 is 0. The zero-order valence-corrected chi connectivity index (χ0v) is 37.4. The van der Waals surface area contributed by atoms with Crippen molar-refractivity contribution in [2.45, 2.75) is 84.2 Å². The van der Waals surface area contributed by atoms with Gasteiger partial charge in [0, 0.05) is 85.6 Å². The summed E-state index contributed by atoms with van der Waals surface area (Å²) in [5, 5.41) is 12.1. The Labute approximate surface area is 375 Å². The highest BCUT2D eigenvalue weighted by molar-refractivity contribution is 6.01. The van der Waals surface area contributed by atoms with E-state index in [2.05, 4.69) is 24.4 Å². The van der Waals surface area contributed by atoms with E-state index in [1.54, 1.807) is 56.3 Å². The number of carbonyl (C=O) groups excluding carboxylic acids is 5. The number of likely N-dealkylation sites (N-methyl/N-ethyl adjacent to an activating group) is 1. The number of ether oxygens (including phenoxy) is 2. The van der Waals surface area contributed by atoms with E-state index < -0.39 is 41.5 Å². The van der Waals surface area contributed by atoms with Crippen molar-refractivity contribution >= 4 is 29.2 Å². The first-order valence-electron chi connectivity index (χ1n) is 22.1. The Hall–Kier alpha value is -6.27. The van der Waals surface area contributed by atoms with Crippen LogP contribution in [0.15, 0.2) is 72.8 Å². The van der Waals surface area contributed by atoms with Crippen LogP contribution >= 0.6 is 0 Å². The maximum Gasteiger partial charge on any atom is 0.226 e. The lowest BCUT2D eigenvalue weighted by Crippen LogP contribution is -2.46. The number of carbonyl (C=O) groups is 5. The van der Waals surface area contributed by atoms with Crippen molar-refractivity contribution in [2.24, 2.45) is 29.0 Å². The molecule has 0 radical (unpaired) electrons. The number of fused-ring (bicyclic) bond motifs is 5. The molecule has 0 aliphatic carbocycles. The number of nitriles is 1. The van der Waals surface area contributed by atoms with Crippen LogP contribution in [-0.4, -0.2) is 85.0 Å². The van der Waals surface area contributed by atoms with E-state index in [0.29, 0.717) is 45.0 Å². The predicted octanol–water partition coefficient (Wildman–Crippen LogP) is 5.60. The molecule has 1 aromatic heterocycles. The number of amides is 2. The van der Waals surface area contributed by atoms with E-state index in [1.165, 1.54) is 17.5 Å². The molecule has 3 aromatic carbocycles. The van der Waals surface area contributed by atoms with E-state index in [0.717, 1.165) is 24.1 Å². The van der Waals surface area contributed by atoms with Crippen molar-refractivity contribution in [3.63, 3.8) is 0 Å². The third kappa shape index (κ3) is 12.3. The van der Waals surface area contributed by atoms with Crippen LogP contribution in [0.3, 0.4) is 0 Å². The van der Waals surface area contributed by atoms with Gasteiger partial charge < -0.3 is 36.9 Å². The lowest BCUT2D eigenvalue weighted by Gasteiger charge is -2.32. The number of aromatic nitrogens is 1. The second kappa shape index (κ2) is 23.4. The Kier molecular flexibility index (Phi) is 17.8. The quantitative estimate of drug-likeness (QED) is 0.0844. The summed E-state index contributed by atoms with van der Waals surface area (Å²) in [4.78, 5) is 76.8. The van der Waals surface area contributed by atoms with Crippen LogP contribution in [-0.2, 0) is 32.0 Å². The van der Waals surface area contributed by atoms with Gasteiger partial charge in [-0.25, -0.2) is 0 Å². The number of pyridine rings is 1. The number of Topliss-reactive ketones (excluding diaryl/α,β-unsaturated/α-hetero) is 3. The molecule has 4 atom stereocenters. The number of nitrogens with one attached hydrogen (secondary N) is 1. The summed E-state index contributed by atoms with van der Waals surface area (Å²) in [5.74, 6) is -3.01. The lowest BCUT2D eigenvalue weighted by atomic mass is 9.88. The average Bonchev–Trinajstić information content (AvgIpc) is 3.29. The zero-order chi connectivity index (χ0) is 46.3. The van der Waals surface area contributed by atoms with E-state index in [1.807, 2.05) is 24.3 Å². The van der Waals surface area contributed by atoms with Crippen molar-refractivity contribution in [1.29, 1.82) is 5.26 Å². The number of benzene rings is 3. The Balaban J connectivity index is 1.56. The molecule has 0 fully saturated rings. The first-order chi connectivity index (χ1) is 30.8. The molecule has 2 amide bonds. The smallest absolute Gasteiger partial charge is 0.226 e. The Bertz CT molecular complexity index is 2340. The molecule has 0 saturated heterocycles. The van der Waals surface area contributed by atoms with Gasteiger partial charge in [0.05, 0.1) is 17.8 Å². The Morgan fingerprint density at radius 3 is 2.20 bits per heavy atom. The number of rotatable bonds is 19. The first-order valence-corrected chi connectivity index (χ1v) is 22.1. The molecule has 14 nitrogen and oxygen atoms in total. The summed E-state index contributed by atoms with van der Waals surface area (Å²) in [6.45, 7) is 6.38. The van der Waals surface area contributed by atoms with Gasteiger partial charge in [-0.3, -0.25) is 29.0 Å². The molecule has 338 valence electrons.